The predicted octanol–water partition coefficient (Wildman–Crippen LogP) is 0.701. The van der Waals surface area contributed by atoms with Crippen molar-refractivity contribution in [1.29, 1.82) is 0 Å². The molecule has 16 heavy (non-hydrogen) atoms. The summed E-state index contributed by atoms with van der Waals surface area (Å²) in [5, 5.41) is 0. The zero-order valence-electron chi connectivity index (χ0n) is 10.1. The van der Waals surface area contributed by atoms with Gasteiger partial charge in [0.15, 0.2) is 5.78 Å². The van der Waals surface area contributed by atoms with Crippen LogP contribution in [-0.4, -0.2) is 55.7 Å². The predicted molar refractivity (Wildman–Crippen MR) is 60.4 cm³/mol. The van der Waals surface area contributed by atoms with Crippen LogP contribution in [0.4, 0.5) is 0 Å². The molecule has 0 aromatic carbocycles. The summed E-state index contributed by atoms with van der Waals surface area (Å²) in [4.78, 5) is 14.2. The summed E-state index contributed by atoms with van der Waals surface area (Å²) >= 11 is 0. The number of hydrogen-bond donors (Lipinski definition) is 0. The van der Waals surface area contributed by atoms with E-state index in [9.17, 15) is 4.79 Å². The molecule has 0 saturated carbocycles. The van der Waals surface area contributed by atoms with Crippen molar-refractivity contribution in [3.63, 3.8) is 0 Å². The average Bonchev–Trinajstić information content (AvgIpc) is 2.68. The largest absolute Gasteiger partial charge is 0.381 e. The standard InChI is InChI=1S/C12H21NO3/c1-9-5-13(6-10(2)16-9)7-12(14)11-3-4-15-8-11/h9-11H,3-8H2,1-2H3. The number of hydrogen-bond acceptors (Lipinski definition) is 4. The van der Waals surface area contributed by atoms with Gasteiger partial charge in [0.25, 0.3) is 0 Å². The van der Waals surface area contributed by atoms with E-state index in [0.29, 0.717) is 18.9 Å². The Morgan fingerprint density at radius 1 is 1.31 bits per heavy atom. The second-order valence-corrected chi connectivity index (χ2v) is 4.98. The molecule has 2 fully saturated rings. The molecular formula is C12H21NO3. The van der Waals surface area contributed by atoms with Gasteiger partial charge in [-0.15, -0.1) is 0 Å². The molecule has 0 aromatic rings. The number of carbonyl (C=O) groups is 1. The van der Waals surface area contributed by atoms with Crippen molar-refractivity contribution in [2.75, 3.05) is 32.8 Å². The molecule has 0 spiro atoms. The summed E-state index contributed by atoms with van der Waals surface area (Å²) < 4.78 is 10.9. The van der Waals surface area contributed by atoms with E-state index in [1.54, 1.807) is 0 Å². The Morgan fingerprint density at radius 3 is 2.56 bits per heavy atom. The highest BCUT2D eigenvalue weighted by molar-refractivity contribution is 5.83. The number of morpholine rings is 1. The lowest BCUT2D eigenvalue weighted by Gasteiger charge is -2.35. The summed E-state index contributed by atoms with van der Waals surface area (Å²) in [7, 11) is 0. The third-order valence-corrected chi connectivity index (χ3v) is 3.26. The molecule has 3 atom stereocenters. The minimum absolute atomic E-state index is 0.133. The molecule has 0 N–H and O–H groups in total. The first-order valence-corrected chi connectivity index (χ1v) is 6.13. The maximum Gasteiger partial charge on any atom is 0.152 e. The van der Waals surface area contributed by atoms with E-state index in [2.05, 4.69) is 18.7 Å². The van der Waals surface area contributed by atoms with Crippen LogP contribution in [0.1, 0.15) is 20.3 Å². The van der Waals surface area contributed by atoms with E-state index < -0.39 is 0 Å². The second kappa shape index (κ2) is 5.25. The van der Waals surface area contributed by atoms with Crippen LogP contribution < -0.4 is 0 Å². The fourth-order valence-electron chi connectivity index (χ4n) is 2.55. The third-order valence-electron chi connectivity index (χ3n) is 3.26. The molecule has 4 nitrogen and oxygen atoms in total. The Bertz CT molecular complexity index is 241. The van der Waals surface area contributed by atoms with Crippen LogP contribution in [0.3, 0.4) is 0 Å². The lowest BCUT2D eigenvalue weighted by atomic mass is 10.0. The van der Waals surface area contributed by atoms with Gasteiger partial charge in [-0.1, -0.05) is 0 Å². The third kappa shape index (κ3) is 3.03. The molecule has 0 bridgehead atoms. The van der Waals surface area contributed by atoms with E-state index in [-0.39, 0.29) is 18.1 Å². The van der Waals surface area contributed by atoms with Crippen molar-refractivity contribution in [2.45, 2.75) is 32.5 Å². The molecule has 4 heteroatoms. The lowest BCUT2D eigenvalue weighted by molar-refractivity contribution is -0.127. The Hall–Kier alpha value is -0.450. The highest BCUT2D eigenvalue weighted by Crippen LogP contribution is 2.16. The molecule has 3 unspecified atom stereocenters. The molecule has 0 amide bonds. The lowest BCUT2D eigenvalue weighted by Crippen LogP contribution is -2.48. The van der Waals surface area contributed by atoms with Crippen molar-refractivity contribution >= 4 is 5.78 Å². The Kier molecular flexibility index (Phi) is 3.95. The van der Waals surface area contributed by atoms with E-state index in [0.717, 1.165) is 26.1 Å². The van der Waals surface area contributed by atoms with E-state index in [1.165, 1.54) is 0 Å². The normalized spacial score (nSPS) is 36.5. The summed E-state index contributed by atoms with van der Waals surface area (Å²) in [5.74, 6) is 0.465. The molecule has 2 aliphatic rings. The van der Waals surface area contributed by atoms with Crippen LogP contribution in [0, 0.1) is 5.92 Å². The Labute approximate surface area is 96.9 Å². The first-order chi connectivity index (χ1) is 7.65. The summed E-state index contributed by atoms with van der Waals surface area (Å²) in [6.07, 6.45) is 1.36. The molecule has 0 aromatic heterocycles. The van der Waals surface area contributed by atoms with Crippen LogP contribution in [0.15, 0.2) is 0 Å². The minimum atomic E-state index is 0.133. The van der Waals surface area contributed by atoms with Gasteiger partial charge in [-0.25, -0.2) is 0 Å². The van der Waals surface area contributed by atoms with Gasteiger partial charge in [0, 0.05) is 25.6 Å². The smallest absolute Gasteiger partial charge is 0.152 e. The number of ketones is 1. The monoisotopic (exact) mass is 227 g/mol. The number of rotatable bonds is 3. The van der Waals surface area contributed by atoms with Crippen molar-refractivity contribution in [2.24, 2.45) is 5.92 Å². The minimum Gasteiger partial charge on any atom is -0.381 e. The van der Waals surface area contributed by atoms with Gasteiger partial charge in [-0.2, -0.15) is 0 Å². The fourth-order valence-corrected chi connectivity index (χ4v) is 2.55. The first-order valence-electron chi connectivity index (χ1n) is 6.13. The quantitative estimate of drug-likeness (QED) is 0.711. The molecule has 2 saturated heterocycles. The van der Waals surface area contributed by atoms with Gasteiger partial charge < -0.3 is 9.47 Å². The van der Waals surface area contributed by atoms with Crippen molar-refractivity contribution in [3.05, 3.63) is 0 Å². The average molecular weight is 227 g/mol. The number of carbonyl (C=O) groups excluding carboxylic acids is 1. The van der Waals surface area contributed by atoms with Gasteiger partial charge in [0.1, 0.15) is 0 Å². The van der Waals surface area contributed by atoms with Crippen LogP contribution >= 0.6 is 0 Å². The summed E-state index contributed by atoms with van der Waals surface area (Å²) in [5.41, 5.74) is 0. The van der Waals surface area contributed by atoms with Crippen LogP contribution in [0.25, 0.3) is 0 Å². The Morgan fingerprint density at radius 2 is 2.00 bits per heavy atom. The first kappa shape index (κ1) is 12.0. The molecule has 0 aliphatic carbocycles. The highest BCUT2D eigenvalue weighted by atomic mass is 16.5. The number of nitrogens with zero attached hydrogens (tertiary/aromatic N) is 1. The Balaban J connectivity index is 1.81. The second-order valence-electron chi connectivity index (χ2n) is 4.98. The van der Waals surface area contributed by atoms with E-state index in [4.69, 9.17) is 9.47 Å². The van der Waals surface area contributed by atoms with Crippen molar-refractivity contribution < 1.29 is 14.3 Å². The maximum absolute atomic E-state index is 12.0. The maximum atomic E-state index is 12.0. The SMILES string of the molecule is CC1CN(CC(=O)C2CCOC2)CC(C)O1. The molecule has 2 rings (SSSR count). The van der Waals surface area contributed by atoms with Crippen molar-refractivity contribution in [1.82, 2.24) is 4.90 Å². The number of Topliss-reactive ketones (excluding diaryl/α,β-unsaturated/α-hetero) is 1. The van der Waals surface area contributed by atoms with Gasteiger partial charge in [-0.05, 0) is 20.3 Å². The molecular weight excluding hydrogens is 206 g/mol. The highest BCUT2D eigenvalue weighted by Gasteiger charge is 2.28. The van der Waals surface area contributed by atoms with Crippen LogP contribution in [0.2, 0.25) is 0 Å². The van der Waals surface area contributed by atoms with Crippen LogP contribution in [-0.2, 0) is 14.3 Å². The topological polar surface area (TPSA) is 38.8 Å². The van der Waals surface area contributed by atoms with Gasteiger partial charge in [-0.3, -0.25) is 9.69 Å². The zero-order chi connectivity index (χ0) is 11.5. The molecule has 92 valence electrons. The van der Waals surface area contributed by atoms with Gasteiger partial charge in [0.2, 0.25) is 0 Å². The fraction of sp³-hybridized carbons (Fsp3) is 0.917. The molecule has 2 aliphatic heterocycles. The van der Waals surface area contributed by atoms with E-state index >= 15 is 0 Å². The van der Waals surface area contributed by atoms with Crippen LogP contribution in [0.5, 0.6) is 0 Å². The van der Waals surface area contributed by atoms with Crippen molar-refractivity contribution in [3.8, 4) is 0 Å². The zero-order valence-corrected chi connectivity index (χ0v) is 10.1. The van der Waals surface area contributed by atoms with Gasteiger partial charge in [0.05, 0.1) is 25.4 Å². The van der Waals surface area contributed by atoms with Gasteiger partial charge >= 0.3 is 0 Å². The van der Waals surface area contributed by atoms with E-state index in [1.807, 2.05) is 0 Å². The molecule has 2 heterocycles. The summed E-state index contributed by atoms with van der Waals surface area (Å²) in [6, 6.07) is 0. The summed E-state index contributed by atoms with van der Waals surface area (Å²) in [6.45, 7) is 7.78. The molecule has 0 radical (unpaired) electrons. The number of ether oxygens (including phenoxy) is 2.